The van der Waals surface area contributed by atoms with Gasteiger partial charge in [0.25, 0.3) is 5.91 Å². The van der Waals surface area contributed by atoms with Gasteiger partial charge in [-0.05, 0) is 49.4 Å². The number of nitrogens with zero attached hydrogens (tertiary/aromatic N) is 3. The Bertz CT molecular complexity index is 897. The summed E-state index contributed by atoms with van der Waals surface area (Å²) in [7, 11) is 0. The highest BCUT2D eigenvalue weighted by Crippen LogP contribution is 2.35. The Labute approximate surface area is 191 Å². The van der Waals surface area contributed by atoms with E-state index in [1.54, 1.807) is 18.2 Å². The zero-order valence-corrected chi connectivity index (χ0v) is 18.4. The van der Waals surface area contributed by atoms with Crippen molar-refractivity contribution in [1.29, 1.82) is 0 Å². The van der Waals surface area contributed by atoms with Gasteiger partial charge in [0.15, 0.2) is 11.5 Å². The van der Waals surface area contributed by atoms with Gasteiger partial charge >= 0.3 is 6.18 Å². The van der Waals surface area contributed by atoms with Crippen molar-refractivity contribution in [2.75, 3.05) is 29.9 Å². The molecular formula is C22H27ClF3N5O. The van der Waals surface area contributed by atoms with Crippen molar-refractivity contribution >= 4 is 29.8 Å². The van der Waals surface area contributed by atoms with Gasteiger partial charge in [0.2, 0.25) is 0 Å². The predicted molar refractivity (Wildman–Crippen MR) is 119 cm³/mol. The van der Waals surface area contributed by atoms with E-state index in [9.17, 15) is 18.0 Å². The van der Waals surface area contributed by atoms with Crippen molar-refractivity contribution in [3.8, 4) is 0 Å². The Hall–Kier alpha value is -2.55. The van der Waals surface area contributed by atoms with E-state index in [2.05, 4.69) is 20.8 Å². The van der Waals surface area contributed by atoms with E-state index in [0.717, 1.165) is 18.4 Å². The molecule has 1 saturated heterocycles. The van der Waals surface area contributed by atoms with Gasteiger partial charge in [-0.15, -0.1) is 22.6 Å². The minimum absolute atomic E-state index is 0. The second kappa shape index (κ2) is 10.4. The lowest BCUT2D eigenvalue weighted by atomic mass is 10.0. The van der Waals surface area contributed by atoms with Crippen molar-refractivity contribution in [3.63, 3.8) is 0 Å². The minimum Gasteiger partial charge on any atom is -0.382 e. The van der Waals surface area contributed by atoms with Crippen LogP contribution >= 0.6 is 12.4 Å². The predicted octanol–water partition coefficient (Wildman–Crippen LogP) is 4.53. The third-order valence-corrected chi connectivity index (χ3v) is 5.83. The van der Waals surface area contributed by atoms with Crippen LogP contribution in [0.1, 0.15) is 48.2 Å². The first-order valence-electron chi connectivity index (χ1n) is 10.7. The average molecular weight is 470 g/mol. The van der Waals surface area contributed by atoms with Crippen LogP contribution in [0.15, 0.2) is 36.4 Å². The van der Waals surface area contributed by atoms with Crippen LogP contribution in [0.4, 0.5) is 24.7 Å². The fraction of sp³-hybridized carbons (Fsp3) is 0.500. The topological polar surface area (TPSA) is 70.2 Å². The average Bonchev–Trinajstić information content (AvgIpc) is 3.58. The van der Waals surface area contributed by atoms with Gasteiger partial charge in [0.05, 0.1) is 5.56 Å². The molecule has 0 bridgehead atoms. The highest BCUT2D eigenvalue weighted by Gasteiger charge is 2.34. The second-order valence-electron chi connectivity index (χ2n) is 8.21. The number of para-hydroxylation sites is 1. The first-order valence-corrected chi connectivity index (χ1v) is 10.7. The zero-order valence-electron chi connectivity index (χ0n) is 17.6. The van der Waals surface area contributed by atoms with E-state index in [4.69, 9.17) is 0 Å². The molecule has 2 aliphatic rings. The van der Waals surface area contributed by atoms with Gasteiger partial charge < -0.3 is 15.5 Å². The molecule has 1 aliphatic heterocycles. The molecular weight excluding hydrogens is 443 g/mol. The molecule has 32 heavy (non-hydrogen) atoms. The smallest absolute Gasteiger partial charge is 0.382 e. The maximum Gasteiger partial charge on any atom is 0.418 e. The molecule has 174 valence electrons. The summed E-state index contributed by atoms with van der Waals surface area (Å²) in [6.07, 6.45) is 0.491. The number of rotatable bonds is 7. The normalized spacial score (nSPS) is 16.9. The van der Waals surface area contributed by atoms with Gasteiger partial charge in [-0.25, -0.2) is 0 Å². The molecule has 2 fully saturated rings. The molecule has 1 amide bonds. The van der Waals surface area contributed by atoms with Crippen molar-refractivity contribution < 1.29 is 18.0 Å². The molecule has 6 nitrogen and oxygen atoms in total. The maximum absolute atomic E-state index is 13.2. The highest BCUT2D eigenvalue weighted by atomic mass is 35.5. The SMILES string of the molecule is Cl.O=C(NCCC1CC1)c1ccc(N2CCC(Nc3ccccc3C(F)(F)F)CC2)nn1. The number of hydrogen-bond donors (Lipinski definition) is 2. The van der Waals surface area contributed by atoms with Crippen LogP contribution < -0.4 is 15.5 Å². The summed E-state index contributed by atoms with van der Waals surface area (Å²) < 4.78 is 39.6. The number of halogens is 4. The van der Waals surface area contributed by atoms with Gasteiger partial charge in [-0.3, -0.25) is 4.79 Å². The summed E-state index contributed by atoms with van der Waals surface area (Å²) in [4.78, 5) is 14.2. The fourth-order valence-corrected chi connectivity index (χ4v) is 3.83. The number of alkyl halides is 3. The summed E-state index contributed by atoms with van der Waals surface area (Å²) in [6.45, 7) is 1.95. The molecule has 0 radical (unpaired) electrons. The molecule has 0 atom stereocenters. The lowest BCUT2D eigenvalue weighted by molar-refractivity contribution is -0.137. The van der Waals surface area contributed by atoms with Gasteiger partial charge in [0, 0.05) is 31.4 Å². The van der Waals surface area contributed by atoms with Crippen molar-refractivity contribution in [1.82, 2.24) is 15.5 Å². The first-order chi connectivity index (χ1) is 14.9. The quantitative estimate of drug-likeness (QED) is 0.623. The third-order valence-electron chi connectivity index (χ3n) is 5.83. The van der Waals surface area contributed by atoms with Crippen LogP contribution in [-0.4, -0.2) is 41.8 Å². The summed E-state index contributed by atoms with van der Waals surface area (Å²) in [5.41, 5.74) is -0.237. The van der Waals surface area contributed by atoms with E-state index >= 15 is 0 Å². The van der Waals surface area contributed by atoms with Crippen LogP contribution in [0.5, 0.6) is 0 Å². The van der Waals surface area contributed by atoms with Crippen LogP contribution in [-0.2, 0) is 6.18 Å². The van der Waals surface area contributed by atoms with Crippen LogP contribution in [0.25, 0.3) is 0 Å². The Morgan fingerprint density at radius 2 is 1.75 bits per heavy atom. The lowest BCUT2D eigenvalue weighted by Crippen LogP contribution is -2.40. The van der Waals surface area contributed by atoms with Gasteiger partial charge in [0.1, 0.15) is 0 Å². The van der Waals surface area contributed by atoms with E-state index in [-0.39, 0.29) is 30.0 Å². The number of carbonyl (C=O) groups is 1. The number of amides is 1. The number of piperidine rings is 1. The van der Waals surface area contributed by atoms with Gasteiger partial charge in [-0.1, -0.05) is 25.0 Å². The second-order valence-corrected chi connectivity index (χ2v) is 8.21. The Morgan fingerprint density at radius 1 is 1.03 bits per heavy atom. The molecule has 2 aromatic rings. The van der Waals surface area contributed by atoms with E-state index in [0.29, 0.717) is 44.0 Å². The molecule has 1 aliphatic carbocycles. The fourth-order valence-electron chi connectivity index (χ4n) is 3.83. The number of aromatic nitrogens is 2. The number of hydrogen-bond acceptors (Lipinski definition) is 5. The number of anilines is 2. The summed E-state index contributed by atoms with van der Waals surface area (Å²) >= 11 is 0. The summed E-state index contributed by atoms with van der Waals surface area (Å²) in [5, 5.41) is 14.1. The van der Waals surface area contributed by atoms with E-state index in [1.807, 2.05) is 4.90 Å². The number of carbonyl (C=O) groups excluding carboxylic acids is 1. The van der Waals surface area contributed by atoms with E-state index in [1.165, 1.54) is 25.0 Å². The molecule has 2 N–H and O–H groups in total. The van der Waals surface area contributed by atoms with Gasteiger partial charge in [-0.2, -0.15) is 13.2 Å². The standard InChI is InChI=1S/C22H26F3N5O.ClH/c23-22(24,25)17-3-1-2-4-18(17)27-16-10-13-30(14-11-16)20-8-7-19(28-29-20)21(31)26-12-9-15-5-6-15;/h1-4,7-8,15-16,27H,5-6,9-14H2,(H,26,31);1H. The molecule has 0 spiro atoms. The molecule has 1 aromatic carbocycles. The summed E-state index contributed by atoms with van der Waals surface area (Å²) in [5.74, 6) is 1.21. The van der Waals surface area contributed by atoms with Crippen molar-refractivity contribution in [2.45, 2.75) is 44.3 Å². The monoisotopic (exact) mass is 469 g/mol. The summed E-state index contributed by atoms with van der Waals surface area (Å²) in [6, 6.07) is 8.95. The molecule has 1 saturated carbocycles. The van der Waals surface area contributed by atoms with Crippen LogP contribution in [0.3, 0.4) is 0 Å². The van der Waals surface area contributed by atoms with Crippen molar-refractivity contribution in [3.05, 3.63) is 47.7 Å². The molecule has 10 heteroatoms. The lowest BCUT2D eigenvalue weighted by Gasteiger charge is -2.33. The first kappa shape index (κ1) is 24.1. The highest BCUT2D eigenvalue weighted by molar-refractivity contribution is 5.92. The minimum atomic E-state index is -4.38. The Kier molecular flexibility index (Phi) is 7.82. The van der Waals surface area contributed by atoms with Crippen LogP contribution in [0.2, 0.25) is 0 Å². The molecule has 1 aromatic heterocycles. The third kappa shape index (κ3) is 6.25. The number of nitrogens with one attached hydrogen (secondary N) is 2. The molecule has 4 rings (SSSR count). The maximum atomic E-state index is 13.2. The Balaban J connectivity index is 0.00000289. The molecule has 2 heterocycles. The van der Waals surface area contributed by atoms with Crippen LogP contribution in [0, 0.1) is 5.92 Å². The van der Waals surface area contributed by atoms with E-state index < -0.39 is 11.7 Å². The largest absolute Gasteiger partial charge is 0.418 e. The molecule has 0 unspecified atom stereocenters. The van der Waals surface area contributed by atoms with Crippen molar-refractivity contribution in [2.24, 2.45) is 5.92 Å². The Morgan fingerprint density at radius 3 is 2.38 bits per heavy atom. The number of benzene rings is 1. The zero-order chi connectivity index (χ0) is 21.8.